The molecule has 0 unspecified atom stereocenters. The monoisotopic (exact) mass is 588 g/mol. The molecule has 0 saturated carbocycles. The molecule has 0 aromatic heterocycles. The maximum atomic E-state index is 12.8. The average molecular weight is 589 g/mol. The van der Waals surface area contributed by atoms with Crippen molar-refractivity contribution in [2.24, 2.45) is 0 Å². The van der Waals surface area contributed by atoms with Gasteiger partial charge < -0.3 is 10.2 Å². The van der Waals surface area contributed by atoms with E-state index in [1.54, 1.807) is 0 Å². The maximum Gasteiger partial charge on any atom is 0.405 e. The van der Waals surface area contributed by atoms with E-state index in [-0.39, 0.29) is 0 Å². The Hall–Kier alpha value is -3.47. The van der Waals surface area contributed by atoms with E-state index < -0.39 is 18.1 Å². The molecule has 1 aliphatic heterocycles. The number of hydrogen-bond donors (Lipinski definition) is 1. The first kappa shape index (κ1) is 32.4. The predicted molar refractivity (Wildman–Crippen MR) is 175 cm³/mol. The van der Waals surface area contributed by atoms with Crippen LogP contribution in [-0.2, 0) is 12.0 Å². The third-order valence-corrected chi connectivity index (χ3v) is 8.94. The molecular formula is C38H47F3N2. The van der Waals surface area contributed by atoms with Crippen molar-refractivity contribution in [1.29, 1.82) is 0 Å². The first-order valence-electron chi connectivity index (χ1n) is 15.9. The first-order chi connectivity index (χ1) is 20.7. The molecule has 0 amide bonds. The van der Waals surface area contributed by atoms with E-state index in [0.29, 0.717) is 11.7 Å². The quantitative estimate of drug-likeness (QED) is 0.212. The van der Waals surface area contributed by atoms with E-state index in [1.807, 2.05) is 48.5 Å². The summed E-state index contributed by atoms with van der Waals surface area (Å²) in [5, 5.41) is 2.59. The largest absolute Gasteiger partial charge is 0.405 e. The van der Waals surface area contributed by atoms with Crippen LogP contribution in [0.4, 0.5) is 13.2 Å². The van der Waals surface area contributed by atoms with Crippen LogP contribution in [0.1, 0.15) is 94.4 Å². The summed E-state index contributed by atoms with van der Waals surface area (Å²) >= 11 is 0. The lowest BCUT2D eigenvalue weighted by Gasteiger charge is -2.35. The number of halogens is 3. The van der Waals surface area contributed by atoms with Gasteiger partial charge in [-0.05, 0) is 47.1 Å². The van der Waals surface area contributed by atoms with Gasteiger partial charge in [-0.2, -0.15) is 13.2 Å². The van der Waals surface area contributed by atoms with Crippen LogP contribution >= 0.6 is 0 Å². The van der Waals surface area contributed by atoms with Crippen LogP contribution in [0.25, 0.3) is 16.8 Å². The van der Waals surface area contributed by atoms with E-state index >= 15 is 0 Å². The van der Waals surface area contributed by atoms with E-state index in [4.69, 9.17) is 0 Å². The fraction of sp³-hybridized carbons (Fsp3) is 0.421. The number of unbranched alkanes of at least 4 members (excludes halogenated alkanes) is 2. The van der Waals surface area contributed by atoms with Gasteiger partial charge in [-0.15, -0.1) is 0 Å². The molecule has 0 atom stereocenters. The molecule has 5 rings (SSSR count). The van der Waals surface area contributed by atoms with Crippen LogP contribution in [0.15, 0.2) is 91.7 Å². The lowest BCUT2D eigenvalue weighted by molar-refractivity contribution is -0.123. The molecule has 0 spiro atoms. The zero-order valence-corrected chi connectivity index (χ0v) is 26.1. The number of benzene rings is 3. The van der Waals surface area contributed by atoms with Gasteiger partial charge in [0.1, 0.15) is 6.54 Å². The van der Waals surface area contributed by atoms with Crippen LogP contribution in [0, 0.1) is 0 Å². The molecule has 2 aliphatic rings. The fourth-order valence-corrected chi connectivity index (χ4v) is 6.91. The van der Waals surface area contributed by atoms with Crippen LogP contribution in [-0.4, -0.2) is 23.7 Å². The van der Waals surface area contributed by atoms with Crippen LogP contribution < -0.4 is 5.32 Å². The highest BCUT2D eigenvalue weighted by Gasteiger charge is 2.45. The Morgan fingerprint density at radius 1 is 0.814 bits per heavy atom. The van der Waals surface area contributed by atoms with Crippen molar-refractivity contribution < 1.29 is 13.2 Å². The molecule has 1 N–H and O–H groups in total. The van der Waals surface area contributed by atoms with Gasteiger partial charge in [0.05, 0.1) is 5.41 Å². The number of nitrogens with one attached hydrogen (secondary N) is 1. The minimum absolute atomic E-state index is 0.434. The third kappa shape index (κ3) is 7.03. The summed E-state index contributed by atoms with van der Waals surface area (Å²) in [6.07, 6.45) is 4.58. The second-order valence-electron chi connectivity index (χ2n) is 11.9. The lowest BCUT2D eigenvalue weighted by Crippen LogP contribution is -2.39. The molecule has 1 aliphatic carbocycles. The number of alkyl halides is 3. The van der Waals surface area contributed by atoms with Crippen molar-refractivity contribution in [3.05, 3.63) is 114 Å². The van der Waals surface area contributed by atoms with Gasteiger partial charge in [0.25, 0.3) is 0 Å². The molecule has 3 aromatic carbocycles. The zero-order chi connectivity index (χ0) is 31.0. The highest BCUT2D eigenvalue weighted by molar-refractivity contribution is 5.83. The van der Waals surface area contributed by atoms with Gasteiger partial charge >= 0.3 is 6.18 Å². The topological polar surface area (TPSA) is 15.3 Å². The van der Waals surface area contributed by atoms with Crippen molar-refractivity contribution in [3.8, 4) is 11.1 Å². The van der Waals surface area contributed by atoms with E-state index in [2.05, 4.69) is 68.4 Å². The maximum absolute atomic E-state index is 12.8. The van der Waals surface area contributed by atoms with Gasteiger partial charge in [0.15, 0.2) is 0 Å². The summed E-state index contributed by atoms with van der Waals surface area (Å²) in [6.45, 7) is 15.0. The van der Waals surface area contributed by atoms with Gasteiger partial charge in [-0.1, -0.05) is 139 Å². The van der Waals surface area contributed by atoms with Crippen LogP contribution in [0.5, 0.6) is 0 Å². The smallest absolute Gasteiger partial charge is 0.379 e. The van der Waals surface area contributed by atoms with Crippen molar-refractivity contribution in [2.45, 2.75) is 96.3 Å². The number of nitrogens with zero attached hydrogens (tertiary/aromatic N) is 1. The van der Waals surface area contributed by atoms with Crippen molar-refractivity contribution in [1.82, 2.24) is 10.2 Å². The Morgan fingerprint density at radius 3 is 1.86 bits per heavy atom. The summed E-state index contributed by atoms with van der Waals surface area (Å²) in [5.74, 6) is 0. The molecule has 1 heterocycles. The van der Waals surface area contributed by atoms with E-state index in [9.17, 15) is 13.2 Å². The molecule has 5 heteroatoms. The Balaban J connectivity index is 0.000000215. The molecule has 2 nitrogen and oxygen atoms in total. The number of rotatable bonds is 12. The summed E-state index contributed by atoms with van der Waals surface area (Å²) < 4.78 is 38.5. The Labute approximate surface area is 256 Å². The average Bonchev–Trinajstić information content (AvgIpc) is 3.49. The van der Waals surface area contributed by atoms with Crippen molar-refractivity contribution >= 4 is 5.70 Å². The number of allylic oxidation sites excluding steroid dienone is 1. The van der Waals surface area contributed by atoms with Gasteiger partial charge in [-0.3, -0.25) is 0 Å². The van der Waals surface area contributed by atoms with E-state index in [1.165, 1.54) is 42.5 Å². The molecule has 0 bridgehead atoms. The molecule has 43 heavy (non-hydrogen) atoms. The fourth-order valence-electron chi connectivity index (χ4n) is 6.91. The summed E-state index contributed by atoms with van der Waals surface area (Å²) in [5.41, 5.74) is 8.13. The standard InChI is InChI=1S/C22H24F3N.C16H23N/c1-3-4-9-14-21(16(2)26-15-22(23,24)25)19-12-7-5-10-17(19)18-11-6-8-13-20(18)21;1-4-8-15(9-5-2)17-12-14-10-6-7-11-16(14)13(17)3/h5-8,10-13,26H,2-4,9,14-15H2,1H3;6-7,10-11,15H,3-5,8-9,12H2,1-2H3. The van der Waals surface area contributed by atoms with Crippen LogP contribution in [0.3, 0.4) is 0 Å². The second kappa shape index (κ2) is 14.3. The Morgan fingerprint density at radius 2 is 1.35 bits per heavy atom. The van der Waals surface area contributed by atoms with Crippen molar-refractivity contribution in [3.63, 3.8) is 0 Å². The zero-order valence-electron chi connectivity index (χ0n) is 26.1. The van der Waals surface area contributed by atoms with E-state index in [0.717, 1.165) is 54.5 Å². The molecule has 0 radical (unpaired) electrons. The van der Waals surface area contributed by atoms with Gasteiger partial charge in [0, 0.05) is 29.5 Å². The highest BCUT2D eigenvalue weighted by atomic mass is 19.4. The predicted octanol–water partition coefficient (Wildman–Crippen LogP) is 10.6. The molecule has 3 aromatic rings. The molecule has 230 valence electrons. The number of hydrogen-bond acceptors (Lipinski definition) is 2. The summed E-state index contributed by atoms with van der Waals surface area (Å²) in [6, 6.07) is 25.4. The molecular weight excluding hydrogens is 541 g/mol. The van der Waals surface area contributed by atoms with Gasteiger partial charge in [0.2, 0.25) is 0 Å². The summed E-state index contributed by atoms with van der Waals surface area (Å²) in [4.78, 5) is 2.51. The first-order valence-corrected chi connectivity index (χ1v) is 15.9. The van der Waals surface area contributed by atoms with Gasteiger partial charge in [-0.25, -0.2) is 0 Å². The lowest BCUT2D eigenvalue weighted by atomic mass is 9.72. The molecule has 0 saturated heterocycles. The summed E-state index contributed by atoms with van der Waals surface area (Å²) in [7, 11) is 0. The SMILES string of the molecule is C=C(NCC(F)(F)F)C1(CCCCC)c2ccccc2-c2ccccc21.C=C1c2ccccc2CN1C(CCC)CCC. The highest BCUT2D eigenvalue weighted by Crippen LogP contribution is 2.54. The molecule has 0 fully saturated rings. The van der Waals surface area contributed by atoms with Crippen molar-refractivity contribution in [2.75, 3.05) is 6.54 Å². The Bertz CT molecular complexity index is 1340. The Kier molecular flexibility index (Phi) is 10.8. The normalized spacial score (nSPS) is 14.6. The second-order valence-corrected chi connectivity index (χ2v) is 11.9. The third-order valence-electron chi connectivity index (χ3n) is 8.94. The minimum Gasteiger partial charge on any atom is -0.379 e. The minimum atomic E-state index is -4.27. The number of fused-ring (bicyclic) bond motifs is 4. The van der Waals surface area contributed by atoms with Crippen LogP contribution in [0.2, 0.25) is 0 Å².